The highest BCUT2D eigenvalue weighted by Crippen LogP contribution is 2.28. The minimum atomic E-state index is -1.17. The van der Waals surface area contributed by atoms with Crippen LogP contribution in [0.1, 0.15) is 22.8 Å². The number of carbonyl (C=O) groups is 2. The van der Waals surface area contributed by atoms with Crippen LogP contribution in [-0.4, -0.2) is 29.8 Å². The lowest BCUT2D eigenvalue weighted by molar-refractivity contribution is -0.114. The fourth-order valence-electron chi connectivity index (χ4n) is 2.53. The van der Waals surface area contributed by atoms with E-state index in [2.05, 4.69) is 5.10 Å². The Balaban J connectivity index is 1.94. The summed E-state index contributed by atoms with van der Waals surface area (Å²) in [5.41, 5.74) is 2.05. The Hall–Kier alpha value is -3.12. The van der Waals surface area contributed by atoms with Crippen molar-refractivity contribution in [2.24, 2.45) is 5.10 Å². The molecule has 1 aliphatic heterocycles. The smallest absolute Gasteiger partial charge is 0.337 e. The molecular weight excluding hydrogens is 356 g/mol. The molecule has 2 aromatic rings. The lowest BCUT2D eigenvalue weighted by Crippen LogP contribution is -2.21. The summed E-state index contributed by atoms with van der Waals surface area (Å²) in [6.07, 6.45) is 1.73. The maximum Gasteiger partial charge on any atom is 0.337 e. The number of rotatable bonds is 4. The quantitative estimate of drug-likeness (QED) is 0.829. The number of ether oxygens (including phenoxy) is 1. The average molecular weight is 371 g/mol. The van der Waals surface area contributed by atoms with Gasteiger partial charge in [-0.05, 0) is 48.9 Å². The molecule has 132 valence electrons. The van der Waals surface area contributed by atoms with Gasteiger partial charge in [0.1, 0.15) is 5.75 Å². The predicted molar refractivity (Wildman–Crippen MR) is 100.0 cm³/mol. The van der Waals surface area contributed by atoms with E-state index < -0.39 is 5.97 Å². The van der Waals surface area contributed by atoms with E-state index in [1.807, 2.05) is 12.1 Å². The number of carboxylic acids is 1. The second kappa shape index (κ2) is 7.01. The van der Waals surface area contributed by atoms with Crippen molar-refractivity contribution in [3.8, 4) is 5.75 Å². The molecule has 0 saturated heterocycles. The Labute approximate surface area is 155 Å². The maximum absolute atomic E-state index is 12.7. The molecule has 6 nitrogen and oxygen atoms in total. The summed E-state index contributed by atoms with van der Waals surface area (Å²) in [5, 5.41) is 14.7. The molecule has 0 unspecified atom stereocenters. The Morgan fingerprint density at radius 2 is 1.92 bits per heavy atom. The van der Waals surface area contributed by atoms with E-state index in [-0.39, 0.29) is 16.5 Å². The topological polar surface area (TPSA) is 79.2 Å². The van der Waals surface area contributed by atoms with E-state index in [1.54, 1.807) is 38.3 Å². The van der Waals surface area contributed by atoms with E-state index in [0.29, 0.717) is 17.0 Å². The van der Waals surface area contributed by atoms with E-state index in [0.717, 1.165) is 11.3 Å². The Bertz CT molecular complexity index is 949. The van der Waals surface area contributed by atoms with E-state index in [1.165, 1.54) is 17.1 Å². The Morgan fingerprint density at radius 1 is 1.23 bits per heavy atom. The van der Waals surface area contributed by atoms with Gasteiger partial charge in [0.25, 0.3) is 5.91 Å². The normalized spacial score (nSPS) is 15.3. The second-order valence-electron chi connectivity index (χ2n) is 5.60. The molecule has 2 aromatic carbocycles. The monoisotopic (exact) mass is 370 g/mol. The van der Waals surface area contributed by atoms with Gasteiger partial charge in [0.15, 0.2) is 0 Å². The molecule has 0 aliphatic carbocycles. The van der Waals surface area contributed by atoms with Gasteiger partial charge < -0.3 is 9.84 Å². The summed E-state index contributed by atoms with van der Waals surface area (Å²) < 4.78 is 5.12. The van der Waals surface area contributed by atoms with E-state index >= 15 is 0 Å². The summed E-state index contributed by atoms with van der Waals surface area (Å²) in [6, 6.07) is 11.6. The molecule has 1 heterocycles. The van der Waals surface area contributed by atoms with Gasteiger partial charge in [-0.25, -0.2) is 4.79 Å². The van der Waals surface area contributed by atoms with Gasteiger partial charge in [-0.2, -0.15) is 10.1 Å². The zero-order valence-electron chi connectivity index (χ0n) is 14.1. The Kier molecular flexibility index (Phi) is 4.77. The maximum atomic E-state index is 12.7. The summed E-state index contributed by atoms with van der Waals surface area (Å²) >= 11 is 5.88. The first-order valence-corrected chi connectivity index (χ1v) is 8.07. The fourth-order valence-corrected chi connectivity index (χ4v) is 2.73. The SMILES string of the molecule is COc1ccc(/C=C2\C(=O)N(c3ccc(Cl)c(C(=O)O)c3)N=C2C)cc1. The molecule has 0 fully saturated rings. The predicted octanol–water partition coefficient (Wildman–Crippen LogP) is 3.85. The third kappa shape index (κ3) is 3.32. The Morgan fingerprint density at radius 3 is 2.54 bits per heavy atom. The first kappa shape index (κ1) is 17.7. The van der Waals surface area contributed by atoms with Gasteiger partial charge in [-0.3, -0.25) is 4.79 Å². The molecule has 0 saturated carbocycles. The number of carboxylic acid groups (broad SMARTS) is 1. The highest BCUT2D eigenvalue weighted by atomic mass is 35.5. The van der Waals surface area contributed by atoms with Crippen LogP contribution in [0, 0.1) is 0 Å². The number of methoxy groups -OCH3 is 1. The van der Waals surface area contributed by atoms with Crippen LogP contribution in [0.4, 0.5) is 5.69 Å². The van der Waals surface area contributed by atoms with Crippen molar-refractivity contribution >= 4 is 41.0 Å². The number of hydrogen-bond acceptors (Lipinski definition) is 4. The molecule has 0 bridgehead atoms. The average Bonchev–Trinajstić information content (AvgIpc) is 2.91. The molecule has 0 spiro atoms. The highest BCUT2D eigenvalue weighted by Gasteiger charge is 2.29. The van der Waals surface area contributed by atoms with Gasteiger partial charge in [0.2, 0.25) is 0 Å². The third-order valence-electron chi connectivity index (χ3n) is 3.91. The van der Waals surface area contributed by atoms with Crippen LogP contribution in [0.25, 0.3) is 6.08 Å². The van der Waals surface area contributed by atoms with Crippen LogP contribution in [0.3, 0.4) is 0 Å². The highest BCUT2D eigenvalue weighted by molar-refractivity contribution is 6.34. The first-order valence-electron chi connectivity index (χ1n) is 7.69. The molecule has 1 N–H and O–H groups in total. The molecule has 7 heteroatoms. The van der Waals surface area contributed by atoms with Crippen LogP contribution >= 0.6 is 11.6 Å². The van der Waals surface area contributed by atoms with Crippen molar-refractivity contribution in [3.63, 3.8) is 0 Å². The van der Waals surface area contributed by atoms with Gasteiger partial charge in [-0.15, -0.1) is 0 Å². The minimum Gasteiger partial charge on any atom is -0.497 e. The third-order valence-corrected chi connectivity index (χ3v) is 4.24. The van der Waals surface area contributed by atoms with Crippen molar-refractivity contribution in [2.45, 2.75) is 6.92 Å². The second-order valence-corrected chi connectivity index (χ2v) is 6.01. The number of aromatic carboxylic acids is 1. The van der Waals surface area contributed by atoms with E-state index in [4.69, 9.17) is 16.3 Å². The molecule has 0 aromatic heterocycles. The lowest BCUT2D eigenvalue weighted by Gasteiger charge is -2.13. The van der Waals surface area contributed by atoms with Crippen LogP contribution in [0.2, 0.25) is 5.02 Å². The van der Waals surface area contributed by atoms with Crippen LogP contribution in [0.5, 0.6) is 5.75 Å². The zero-order chi connectivity index (χ0) is 18.8. The summed E-state index contributed by atoms with van der Waals surface area (Å²) in [6.45, 7) is 1.72. The molecule has 3 rings (SSSR count). The largest absolute Gasteiger partial charge is 0.497 e. The van der Waals surface area contributed by atoms with Crippen molar-refractivity contribution in [2.75, 3.05) is 12.1 Å². The summed E-state index contributed by atoms with van der Waals surface area (Å²) in [4.78, 5) is 24.0. The van der Waals surface area contributed by atoms with Crippen molar-refractivity contribution in [1.29, 1.82) is 0 Å². The van der Waals surface area contributed by atoms with Gasteiger partial charge in [0.05, 0.1) is 34.7 Å². The van der Waals surface area contributed by atoms with Gasteiger partial charge >= 0.3 is 5.97 Å². The molecular formula is C19H15ClN2O4. The van der Waals surface area contributed by atoms with Crippen LogP contribution in [-0.2, 0) is 4.79 Å². The van der Waals surface area contributed by atoms with Crippen LogP contribution < -0.4 is 9.75 Å². The van der Waals surface area contributed by atoms with Crippen molar-refractivity contribution in [1.82, 2.24) is 0 Å². The molecule has 26 heavy (non-hydrogen) atoms. The summed E-state index contributed by atoms with van der Waals surface area (Å²) in [5.74, 6) is -0.783. The number of nitrogens with zero attached hydrogens (tertiary/aromatic N) is 2. The number of hydrogen-bond donors (Lipinski definition) is 1. The number of amides is 1. The lowest BCUT2D eigenvalue weighted by atomic mass is 10.1. The number of carbonyl (C=O) groups excluding carboxylic acids is 1. The minimum absolute atomic E-state index is 0.0857. The van der Waals surface area contributed by atoms with Crippen molar-refractivity contribution in [3.05, 3.63) is 64.2 Å². The molecule has 1 aliphatic rings. The number of anilines is 1. The zero-order valence-corrected chi connectivity index (χ0v) is 14.8. The van der Waals surface area contributed by atoms with Gasteiger partial charge in [-0.1, -0.05) is 23.7 Å². The first-order chi connectivity index (χ1) is 12.4. The van der Waals surface area contributed by atoms with Gasteiger partial charge in [0, 0.05) is 0 Å². The fraction of sp³-hybridized carbons (Fsp3) is 0.105. The van der Waals surface area contributed by atoms with E-state index in [9.17, 15) is 14.7 Å². The summed E-state index contributed by atoms with van der Waals surface area (Å²) in [7, 11) is 1.58. The number of benzene rings is 2. The molecule has 0 atom stereocenters. The van der Waals surface area contributed by atoms with Crippen LogP contribution in [0.15, 0.2) is 53.1 Å². The number of hydrazone groups is 1. The standard InChI is InChI=1S/C19H15ClN2O4/c1-11-15(9-12-3-6-14(26-2)7-4-12)18(23)22(21-11)13-5-8-17(20)16(10-13)19(24)25/h3-10H,1-2H3,(H,24,25)/b15-9-. The molecule has 0 radical (unpaired) electrons. The van der Waals surface area contributed by atoms with Crippen molar-refractivity contribution < 1.29 is 19.4 Å². The number of halogens is 1. The molecule has 1 amide bonds.